The molecule has 21 heavy (non-hydrogen) atoms. The molecule has 4 heteroatoms. The number of anilines is 1. The Morgan fingerprint density at radius 1 is 1.14 bits per heavy atom. The zero-order chi connectivity index (χ0) is 14.8. The Labute approximate surface area is 133 Å². The molecule has 0 saturated heterocycles. The fraction of sp³-hybridized carbons (Fsp3) is 0.118. The van der Waals surface area contributed by atoms with Crippen molar-refractivity contribution < 1.29 is 0 Å². The van der Waals surface area contributed by atoms with Crippen molar-refractivity contribution >= 4 is 28.6 Å². The molecule has 0 atom stereocenters. The summed E-state index contributed by atoms with van der Waals surface area (Å²) < 4.78 is 0. The number of benzene rings is 2. The molecule has 3 aromatic rings. The topological polar surface area (TPSA) is 38.9 Å². The molecular weight excluding hydrogens is 300 g/mol. The Hall–Kier alpha value is -1.84. The number of hydrogen-bond acceptors (Lipinski definition) is 3. The molecule has 0 aliphatic carbocycles. The van der Waals surface area contributed by atoms with Crippen LogP contribution in [-0.4, -0.2) is 4.98 Å². The van der Waals surface area contributed by atoms with E-state index < -0.39 is 0 Å². The van der Waals surface area contributed by atoms with Gasteiger partial charge in [0.25, 0.3) is 0 Å². The Morgan fingerprint density at radius 2 is 1.90 bits per heavy atom. The fourth-order valence-electron chi connectivity index (χ4n) is 2.26. The first-order chi connectivity index (χ1) is 10.1. The van der Waals surface area contributed by atoms with Crippen LogP contribution < -0.4 is 5.73 Å². The summed E-state index contributed by atoms with van der Waals surface area (Å²) in [4.78, 5) is 5.99. The van der Waals surface area contributed by atoms with Crippen molar-refractivity contribution in [2.45, 2.75) is 13.3 Å². The van der Waals surface area contributed by atoms with Crippen molar-refractivity contribution in [2.24, 2.45) is 0 Å². The van der Waals surface area contributed by atoms with E-state index in [-0.39, 0.29) is 0 Å². The van der Waals surface area contributed by atoms with Gasteiger partial charge in [0.2, 0.25) is 0 Å². The maximum absolute atomic E-state index is 6.03. The summed E-state index contributed by atoms with van der Waals surface area (Å²) in [5.41, 5.74) is 9.83. The van der Waals surface area contributed by atoms with Crippen LogP contribution in [0, 0.1) is 6.92 Å². The highest BCUT2D eigenvalue weighted by Gasteiger charge is 2.10. The van der Waals surface area contributed by atoms with E-state index in [2.05, 4.69) is 13.0 Å². The van der Waals surface area contributed by atoms with E-state index in [0.717, 1.165) is 33.4 Å². The van der Waals surface area contributed by atoms with Crippen molar-refractivity contribution in [3.05, 3.63) is 69.0 Å². The number of halogens is 1. The average Bonchev–Trinajstić information content (AvgIpc) is 2.80. The molecule has 2 N–H and O–H groups in total. The van der Waals surface area contributed by atoms with Crippen molar-refractivity contribution in [3.8, 4) is 11.3 Å². The van der Waals surface area contributed by atoms with Crippen molar-refractivity contribution in [3.63, 3.8) is 0 Å². The van der Waals surface area contributed by atoms with Crippen LogP contribution in [0.1, 0.15) is 15.4 Å². The van der Waals surface area contributed by atoms with Gasteiger partial charge < -0.3 is 5.73 Å². The quantitative estimate of drug-likeness (QED) is 0.695. The lowest BCUT2D eigenvalue weighted by Crippen LogP contribution is -1.88. The Balaban J connectivity index is 1.89. The molecule has 0 fully saturated rings. The first kappa shape index (κ1) is 14.1. The second kappa shape index (κ2) is 5.88. The molecule has 2 aromatic carbocycles. The Kier molecular flexibility index (Phi) is 3.95. The van der Waals surface area contributed by atoms with Crippen LogP contribution in [-0.2, 0) is 6.42 Å². The summed E-state index contributed by atoms with van der Waals surface area (Å²) in [5, 5.41) is 1.86. The number of aromatic nitrogens is 1. The molecule has 1 aromatic heterocycles. The zero-order valence-electron chi connectivity index (χ0n) is 11.6. The molecule has 106 valence electrons. The smallest absolute Gasteiger partial charge is 0.0979 e. The van der Waals surface area contributed by atoms with Crippen molar-refractivity contribution in [2.75, 3.05) is 5.73 Å². The van der Waals surface area contributed by atoms with E-state index in [1.165, 1.54) is 10.4 Å². The summed E-state index contributed by atoms with van der Waals surface area (Å²) in [6.45, 7) is 2.10. The highest BCUT2D eigenvalue weighted by atomic mass is 35.5. The summed E-state index contributed by atoms with van der Waals surface area (Å²) in [7, 11) is 0. The lowest BCUT2D eigenvalue weighted by Gasteiger charge is -2.00. The van der Waals surface area contributed by atoms with Gasteiger partial charge in [-0.1, -0.05) is 35.9 Å². The highest BCUT2D eigenvalue weighted by Crippen LogP contribution is 2.29. The van der Waals surface area contributed by atoms with E-state index in [1.807, 2.05) is 42.5 Å². The number of hydrogen-bond donors (Lipinski definition) is 1. The van der Waals surface area contributed by atoms with Crippen LogP contribution in [0.25, 0.3) is 11.3 Å². The summed E-state index contributed by atoms with van der Waals surface area (Å²) in [6.07, 6.45) is 0.807. The van der Waals surface area contributed by atoms with Crippen molar-refractivity contribution in [1.29, 1.82) is 0 Å². The number of rotatable bonds is 3. The molecule has 1 heterocycles. The number of nitrogen functional groups attached to an aromatic ring is 1. The predicted octanol–water partition coefficient (Wildman–Crippen LogP) is 4.94. The standard InChI is InChI=1S/C17H15ClN2S/c1-11-17(13-5-7-15(19)8-6-13)20-16(21-11)10-12-3-2-4-14(18)9-12/h2-9H,10,19H2,1H3. The van der Waals surface area contributed by atoms with Gasteiger partial charge in [-0.05, 0) is 36.8 Å². The van der Waals surface area contributed by atoms with Gasteiger partial charge in [-0.25, -0.2) is 4.98 Å². The third-order valence-corrected chi connectivity index (χ3v) is 4.48. The predicted molar refractivity (Wildman–Crippen MR) is 91.0 cm³/mol. The monoisotopic (exact) mass is 314 g/mol. The minimum absolute atomic E-state index is 0.763. The zero-order valence-corrected chi connectivity index (χ0v) is 13.2. The number of thiazole rings is 1. The number of nitrogens with two attached hydrogens (primary N) is 1. The van der Waals surface area contributed by atoms with Crippen LogP contribution in [0.15, 0.2) is 48.5 Å². The Morgan fingerprint density at radius 3 is 2.62 bits per heavy atom. The SMILES string of the molecule is Cc1sc(Cc2cccc(Cl)c2)nc1-c1ccc(N)cc1. The Bertz CT molecular complexity index is 763. The van der Waals surface area contributed by atoms with Crippen LogP contribution in [0.3, 0.4) is 0 Å². The molecular formula is C17H15ClN2S. The third-order valence-electron chi connectivity index (χ3n) is 3.27. The van der Waals surface area contributed by atoms with Crippen molar-refractivity contribution in [1.82, 2.24) is 4.98 Å². The van der Waals surface area contributed by atoms with E-state index in [0.29, 0.717) is 0 Å². The fourth-order valence-corrected chi connectivity index (χ4v) is 3.46. The molecule has 0 radical (unpaired) electrons. The molecule has 0 unspecified atom stereocenters. The molecule has 0 bridgehead atoms. The van der Waals surface area contributed by atoms with Crippen LogP contribution in [0.5, 0.6) is 0 Å². The van der Waals surface area contributed by atoms with Gasteiger partial charge in [0.1, 0.15) is 0 Å². The van der Waals surface area contributed by atoms with Gasteiger partial charge in [0.15, 0.2) is 0 Å². The maximum atomic E-state index is 6.03. The first-order valence-electron chi connectivity index (χ1n) is 6.68. The lowest BCUT2D eigenvalue weighted by molar-refractivity contribution is 1.14. The van der Waals surface area contributed by atoms with Gasteiger partial charge in [-0.2, -0.15) is 0 Å². The third kappa shape index (κ3) is 3.26. The maximum Gasteiger partial charge on any atom is 0.0979 e. The minimum atomic E-state index is 0.763. The second-order valence-corrected chi connectivity index (χ2v) is 6.67. The van der Waals surface area contributed by atoms with Gasteiger partial charge in [0, 0.05) is 27.6 Å². The molecule has 3 rings (SSSR count). The lowest BCUT2D eigenvalue weighted by atomic mass is 10.1. The van der Waals surface area contributed by atoms with E-state index in [1.54, 1.807) is 11.3 Å². The molecule has 0 amide bonds. The molecule has 0 aliphatic heterocycles. The van der Waals surface area contributed by atoms with E-state index >= 15 is 0 Å². The van der Waals surface area contributed by atoms with Crippen LogP contribution >= 0.6 is 22.9 Å². The van der Waals surface area contributed by atoms with Gasteiger partial charge >= 0.3 is 0 Å². The van der Waals surface area contributed by atoms with Gasteiger partial charge in [-0.15, -0.1) is 11.3 Å². The largest absolute Gasteiger partial charge is 0.399 e. The number of nitrogens with zero attached hydrogens (tertiary/aromatic N) is 1. The highest BCUT2D eigenvalue weighted by molar-refractivity contribution is 7.12. The summed E-state index contributed by atoms with van der Waals surface area (Å²) in [5.74, 6) is 0. The second-order valence-electron chi connectivity index (χ2n) is 4.94. The minimum Gasteiger partial charge on any atom is -0.399 e. The van der Waals surface area contributed by atoms with E-state index in [9.17, 15) is 0 Å². The molecule has 0 spiro atoms. The van der Waals surface area contributed by atoms with E-state index in [4.69, 9.17) is 22.3 Å². The first-order valence-corrected chi connectivity index (χ1v) is 7.88. The van der Waals surface area contributed by atoms with Crippen LogP contribution in [0.2, 0.25) is 5.02 Å². The number of aryl methyl sites for hydroxylation is 1. The molecule has 2 nitrogen and oxygen atoms in total. The summed E-state index contributed by atoms with van der Waals surface area (Å²) in [6, 6.07) is 15.8. The van der Waals surface area contributed by atoms with Gasteiger partial charge in [-0.3, -0.25) is 0 Å². The molecule has 0 aliphatic rings. The summed E-state index contributed by atoms with van der Waals surface area (Å²) >= 11 is 7.76. The molecule has 0 saturated carbocycles. The normalized spacial score (nSPS) is 10.8. The van der Waals surface area contributed by atoms with Gasteiger partial charge in [0.05, 0.1) is 10.7 Å². The average molecular weight is 315 g/mol. The van der Waals surface area contributed by atoms with Crippen LogP contribution in [0.4, 0.5) is 5.69 Å².